The van der Waals surface area contributed by atoms with Gasteiger partial charge in [-0.2, -0.15) is 4.31 Å². The zero-order valence-corrected chi connectivity index (χ0v) is 11.8. The van der Waals surface area contributed by atoms with Gasteiger partial charge < -0.3 is 4.74 Å². The first-order valence-electron chi connectivity index (χ1n) is 5.98. The van der Waals surface area contributed by atoms with E-state index in [4.69, 9.17) is 4.74 Å². The molecule has 0 aromatic heterocycles. The van der Waals surface area contributed by atoms with Gasteiger partial charge >= 0.3 is 6.09 Å². The summed E-state index contributed by atoms with van der Waals surface area (Å²) in [6.07, 6.45) is 1.11. The van der Waals surface area contributed by atoms with Crippen molar-refractivity contribution in [3.63, 3.8) is 0 Å². The van der Waals surface area contributed by atoms with E-state index in [-0.39, 0.29) is 4.90 Å². The van der Waals surface area contributed by atoms with Crippen LogP contribution in [0.4, 0.5) is 4.79 Å². The Labute approximate surface area is 118 Å². The van der Waals surface area contributed by atoms with Gasteiger partial charge in [-0.3, -0.25) is 0 Å². The molecule has 106 valence electrons. The van der Waals surface area contributed by atoms with Crippen LogP contribution in [0.3, 0.4) is 0 Å². The van der Waals surface area contributed by atoms with Crippen molar-refractivity contribution in [2.24, 2.45) is 0 Å². The number of hydrogen-bond acceptors (Lipinski definition) is 4. The van der Waals surface area contributed by atoms with E-state index >= 15 is 0 Å². The first-order valence-corrected chi connectivity index (χ1v) is 7.42. The van der Waals surface area contributed by atoms with Crippen LogP contribution in [0.15, 0.2) is 54.5 Å². The largest absolute Gasteiger partial charge is 0.439 e. The standard InChI is InChI=1S/C14H15NO4S/c1-4-12-13(5-2)19-14(16)15(12)20(17,18)11-8-6-10(3)7-9-11/h4-9,12-13H,1-2H2,3H3/t12-,13+/m1/s1. The van der Waals surface area contributed by atoms with Crippen LogP contribution in [0, 0.1) is 6.92 Å². The maximum Gasteiger partial charge on any atom is 0.425 e. The van der Waals surface area contributed by atoms with Crippen LogP contribution in [-0.2, 0) is 14.8 Å². The second-order valence-electron chi connectivity index (χ2n) is 4.42. The van der Waals surface area contributed by atoms with Crippen LogP contribution in [-0.4, -0.2) is 31.0 Å². The lowest BCUT2D eigenvalue weighted by Crippen LogP contribution is -2.39. The lowest BCUT2D eigenvalue weighted by atomic mass is 10.2. The molecule has 0 spiro atoms. The Kier molecular flexibility index (Phi) is 3.67. The van der Waals surface area contributed by atoms with Gasteiger partial charge in [-0.15, -0.1) is 6.58 Å². The number of hydrogen-bond donors (Lipinski definition) is 0. The Balaban J connectivity index is 2.47. The molecule has 5 nitrogen and oxygen atoms in total. The highest BCUT2D eigenvalue weighted by Gasteiger charge is 2.46. The van der Waals surface area contributed by atoms with Crippen LogP contribution >= 0.6 is 0 Å². The van der Waals surface area contributed by atoms with Gasteiger partial charge in [-0.25, -0.2) is 13.2 Å². The van der Waals surface area contributed by atoms with Crippen molar-refractivity contribution >= 4 is 16.1 Å². The summed E-state index contributed by atoms with van der Waals surface area (Å²) in [6, 6.07) is 5.47. The van der Waals surface area contributed by atoms with Crippen LogP contribution in [0.2, 0.25) is 0 Å². The van der Waals surface area contributed by atoms with Gasteiger partial charge in [-0.1, -0.05) is 30.4 Å². The van der Waals surface area contributed by atoms with E-state index < -0.39 is 28.3 Å². The number of carbonyl (C=O) groups is 1. The molecule has 2 rings (SSSR count). The maximum atomic E-state index is 12.5. The molecule has 1 heterocycles. The van der Waals surface area contributed by atoms with Crippen LogP contribution in [0.1, 0.15) is 5.56 Å². The van der Waals surface area contributed by atoms with Gasteiger partial charge in [0.05, 0.1) is 4.90 Å². The molecule has 0 saturated carbocycles. The van der Waals surface area contributed by atoms with E-state index in [9.17, 15) is 13.2 Å². The fourth-order valence-electron chi connectivity index (χ4n) is 1.99. The highest BCUT2D eigenvalue weighted by atomic mass is 32.2. The molecule has 1 saturated heterocycles. The molecule has 1 amide bonds. The minimum absolute atomic E-state index is 0.0385. The summed E-state index contributed by atoms with van der Waals surface area (Å²) in [4.78, 5) is 11.9. The molecule has 2 atom stereocenters. The summed E-state index contributed by atoms with van der Waals surface area (Å²) in [5.74, 6) is 0. The molecule has 0 aliphatic carbocycles. The topological polar surface area (TPSA) is 63.7 Å². The predicted octanol–water partition coefficient (Wildman–Crippen LogP) is 2.25. The van der Waals surface area contributed by atoms with Gasteiger partial charge in [0.15, 0.2) is 0 Å². The van der Waals surface area contributed by atoms with Gasteiger partial charge in [0.1, 0.15) is 12.1 Å². The minimum Gasteiger partial charge on any atom is -0.439 e. The molecule has 1 aliphatic heterocycles. The average Bonchev–Trinajstić information content (AvgIpc) is 2.75. The molecule has 0 radical (unpaired) electrons. The van der Waals surface area contributed by atoms with Crippen LogP contribution in [0.25, 0.3) is 0 Å². The first-order chi connectivity index (χ1) is 9.41. The third-order valence-electron chi connectivity index (χ3n) is 3.08. The average molecular weight is 293 g/mol. The molecule has 1 fully saturated rings. The third-order valence-corrected chi connectivity index (χ3v) is 4.85. The van der Waals surface area contributed by atoms with Crippen molar-refractivity contribution in [2.75, 3.05) is 0 Å². The highest BCUT2D eigenvalue weighted by molar-refractivity contribution is 7.89. The molecule has 0 bridgehead atoms. The maximum absolute atomic E-state index is 12.5. The van der Waals surface area contributed by atoms with Crippen molar-refractivity contribution in [3.05, 3.63) is 55.1 Å². The number of rotatable bonds is 4. The fraction of sp³-hybridized carbons (Fsp3) is 0.214. The van der Waals surface area contributed by atoms with Crippen LogP contribution in [0.5, 0.6) is 0 Å². The summed E-state index contributed by atoms with van der Waals surface area (Å²) in [7, 11) is -3.97. The monoisotopic (exact) mass is 293 g/mol. The summed E-state index contributed by atoms with van der Waals surface area (Å²) in [5, 5.41) is 0. The number of ether oxygens (including phenoxy) is 1. The molecule has 1 aromatic rings. The molecule has 6 heteroatoms. The molecule has 20 heavy (non-hydrogen) atoms. The molecule has 1 aliphatic rings. The van der Waals surface area contributed by atoms with E-state index in [0.29, 0.717) is 4.31 Å². The van der Waals surface area contributed by atoms with Crippen molar-refractivity contribution in [2.45, 2.75) is 24.0 Å². The zero-order valence-electron chi connectivity index (χ0n) is 11.0. The number of cyclic esters (lactones) is 1. The second kappa shape index (κ2) is 5.13. The second-order valence-corrected chi connectivity index (χ2v) is 6.24. The first kappa shape index (κ1) is 14.3. The highest BCUT2D eigenvalue weighted by Crippen LogP contribution is 2.28. The molecular weight excluding hydrogens is 278 g/mol. The van der Waals surface area contributed by atoms with Crippen molar-refractivity contribution in [3.8, 4) is 0 Å². The Morgan fingerprint density at radius 2 is 1.80 bits per heavy atom. The van der Waals surface area contributed by atoms with Gasteiger partial charge in [0, 0.05) is 0 Å². The van der Waals surface area contributed by atoms with Crippen molar-refractivity contribution in [1.29, 1.82) is 0 Å². The smallest absolute Gasteiger partial charge is 0.425 e. The van der Waals surface area contributed by atoms with Gasteiger partial charge in [0.2, 0.25) is 0 Å². The summed E-state index contributed by atoms with van der Waals surface area (Å²) in [5.41, 5.74) is 0.928. The molecule has 1 aromatic carbocycles. The number of sulfonamides is 1. The fourth-order valence-corrected chi connectivity index (χ4v) is 3.47. The van der Waals surface area contributed by atoms with E-state index in [1.165, 1.54) is 24.3 Å². The van der Waals surface area contributed by atoms with E-state index in [0.717, 1.165) is 5.56 Å². The molecular formula is C14H15NO4S. The Morgan fingerprint density at radius 1 is 1.20 bits per heavy atom. The van der Waals surface area contributed by atoms with E-state index in [2.05, 4.69) is 13.2 Å². The van der Waals surface area contributed by atoms with Crippen LogP contribution < -0.4 is 0 Å². The quantitative estimate of drug-likeness (QED) is 0.799. The van der Waals surface area contributed by atoms with E-state index in [1.54, 1.807) is 12.1 Å². The number of carbonyl (C=O) groups excluding carboxylic acids is 1. The lowest BCUT2D eigenvalue weighted by Gasteiger charge is -2.20. The summed E-state index contributed by atoms with van der Waals surface area (Å²) in [6.45, 7) is 8.94. The number of amides is 1. The normalized spacial score (nSPS) is 22.4. The molecule has 0 unspecified atom stereocenters. The SMILES string of the molecule is C=C[C@@H]1OC(=O)N(S(=O)(=O)c2ccc(C)cc2)[C@@H]1C=C. The Bertz CT molecular complexity index is 648. The minimum atomic E-state index is -3.97. The molecule has 0 N–H and O–H groups in total. The Hall–Kier alpha value is -2.08. The predicted molar refractivity (Wildman–Crippen MR) is 74.7 cm³/mol. The van der Waals surface area contributed by atoms with Crippen molar-refractivity contribution < 1.29 is 17.9 Å². The van der Waals surface area contributed by atoms with Gasteiger partial charge in [-0.05, 0) is 25.1 Å². The van der Waals surface area contributed by atoms with E-state index in [1.807, 2.05) is 6.92 Å². The van der Waals surface area contributed by atoms with Crippen molar-refractivity contribution in [1.82, 2.24) is 4.31 Å². The number of benzene rings is 1. The number of nitrogens with zero attached hydrogens (tertiary/aromatic N) is 1. The Morgan fingerprint density at radius 3 is 2.30 bits per heavy atom. The summed E-state index contributed by atoms with van der Waals surface area (Å²) < 4.78 is 30.7. The lowest BCUT2D eigenvalue weighted by molar-refractivity contribution is 0.152. The third kappa shape index (κ3) is 2.22. The number of aryl methyl sites for hydroxylation is 1. The van der Waals surface area contributed by atoms with Gasteiger partial charge in [0.25, 0.3) is 10.0 Å². The summed E-state index contributed by atoms with van der Waals surface area (Å²) >= 11 is 0. The zero-order chi connectivity index (χ0) is 14.9.